The van der Waals surface area contributed by atoms with Gasteiger partial charge in [-0.15, -0.1) is 0 Å². The van der Waals surface area contributed by atoms with Gasteiger partial charge in [-0.25, -0.2) is 0 Å². The lowest BCUT2D eigenvalue weighted by atomic mass is 10.1. The molecule has 1 saturated heterocycles. The van der Waals surface area contributed by atoms with Gasteiger partial charge < -0.3 is 15.1 Å². The van der Waals surface area contributed by atoms with E-state index in [2.05, 4.69) is 10.4 Å². The summed E-state index contributed by atoms with van der Waals surface area (Å²) in [6.07, 6.45) is 4.29. The van der Waals surface area contributed by atoms with Crippen molar-refractivity contribution in [1.29, 1.82) is 0 Å². The Morgan fingerprint density at radius 1 is 1.32 bits per heavy atom. The quantitative estimate of drug-likeness (QED) is 0.923. The van der Waals surface area contributed by atoms with Gasteiger partial charge in [0.15, 0.2) is 0 Å². The van der Waals surface area contributed by atoms with E-state index in [0.717, 1.165) is 12.1 Å². The SMILES string of the molecule is CC(=O)Nc1cnn(C2CCN(C(=O)c3cccc(N(C)C)c3)C2)c1. The fourth-order valence-corrected chi connectivity index (χ4v) is 3.05. The summed E-state index contributed by atoms with van der Waals surface area (Å²) in [5, 5.41) is 7.03. The van der Waals surface area contributed by atoms with Gasteiger partial charge in [0.25, 0.3) is 5.91 Å². The molecule has 1 aromatic carbocycles. The van der Waals surface area contributed by atoms with Gasteiger partial charge >= 0.3 is 0 Å². The van der Waals surface area contributed by atoms with E-state index in [0.29, 0.717) is 24.3 Å². The number of carbonyl (C=O) groups is 2. The van der Waals surface area contributed by atoms with Gasteiger partial charge in [-0.1, -0.05) is 6.07 Å². The van der Waals surface area contributed by atoms with Gasteiger partial charge in [0, 0.05) is 51.6 Å². The number of nitrogens with zero attached hydrogens (tertiary/aromatic N) is 4. The Balaban J connectivity index is 1.68. The molecule has 1 aromatic heterocycles. The maximum atomic E-state index is 12.8. The van der Waals surface area contributed by atoms with E-state index in [1.807, 2.05) is 59.0 Å². The van der Waals surface area contributed by atoms with Crippen LogP contribution in [0.5, 0.6) is 0 Å². The van der Waals surface area contributed by atoms with Crippen molar-refractivity contribution < 1.29 is 9.59 Å². The molecule has 7 nitrogen and oxygen atoms in total. The smallest absolute Gasteiger partial charge is 0.254 e. The molecule has 0 spiro atoms. The Kier molecular flexibility index (Phi) is 4.74. The minimum absolute atomic E-state index is 0.0421. The highest BCUT2D eigenvalue weighted by Gasteiger charge is 2.28. The summed E-state index contributed by atoms with van der Waals surface area (Å²) in [4.78, 5) is 27.7. The molecule has 1 fully saturated rings. The summed E-state index contributed by atoms with van der Waals surface area (Å²) >= 11 is 0. The summed E-state index contributed by atoms with van der Waals surface area (Å²) in [5.41, 5.74) is 2.39. The van der Waals surface area contributed by atoms with E-state index in [9.17, 15) is 9.59 Å². The number of aromatic nitrogens is 2. The van der Waals surface area contributed by atoms with Gasteiger partial charge in [0.2, 0.25) is 5.91 Å². The first kappa shape index (κ1) is 17.0. The fourth-order valence-electron chi connectivity index (χ4n) is 3.05. The highest BCUT2D eigenvalue weighted by atomic mass is 16.2. The average molecular weight is 341 g/mol. The molecular formula is C18H23N5O2. The molecule has 2 amide bonds. The molecule has 0 aliphatic carbocycles. The molecule has 7 heteroatoms. The molecule has 0 saturated carbocycles. The van der Waals surface area contributed by atoms with Crippen LogP contribution in [0.15, 0.2) is 36.7 Å². The van der Waals surface area contributed by atoms with Crippen molar-refractivity contribution in [1.82, 2.24) is 14.7 Å². The Labute approximate surface area is 147 Å². The van der Waals surface area contributed by atoms with Crippen LogP contribution in [0.2, 0.25) is 0 Å². The summed E-state index contributed by atoms with van der Waals surface area (Å²) in [5.74, 6) is -0.0796. The first-order chi connectivity index (χ1) is 11.9. The van der Waals surface area contributed by atoms with Gasteiger partial charge in [0.1, 0.15) is 0 Å². The maximum absolute atomic E-state index is 12.8. The largest absolute Gasteiger partial charge is 0.378 e. The minimum atomic E-state index is -0.122. The van der Waals surface area contributed by atoms with Gasteiger partial charge in [-0.3, -0.25) is 14.3 Å². The molecular weight excluding hydrogens is 318 g/mol. The third-order valence-corrected chi connectivity index (χ3v) is 4.36. The number of nitrogens with one attached hydrogen (secondary N) is 1. The van der Waals surface area contributed by atoms with Crippen LogP contribution in [0.3, 0.4) is 0 Å². The van der Waals surface area contributed by atoms with Crippen LogP contribution >= 0.6 is 0 Å². The van der Waals surface area contributed by atoms with E-state index in [4.69, 9.17) is 0 Å². The second kappa shape index (κ2) is 6.96. The zero-order valence-corrected chi connectivity index (χ0v) is 14.8. The van der Waals surface area contributed by atoms with Crippen molar-refractivity contribution in [3.05, 3.63) is 42.2 Å². The summed E-state index contributed by atoms with van der Waals surface area (Å²) in [6, 6.07) is 7.79. The molecule has 1 aliphatic heterocycles. The fraction of sp³-hybridized carbons (Fsp3) is 0.389. The molecule has 1 atom stereocenters. The first-order valence-corrected chi connectivity index (χ1v) is 8.32. The van der Waals surface area contributed by atoms with Crippen molar-refractivity contribution in [3.63, 3.8) is 0 Å². The summed E-state index contributed by atoms with van der Waals surface area (Å²) < 4.78 is 1.83. The lowest BCUT2D eigenvalue weighted by Gasteiger charge is -2.18. The maximum Gasteiger partial charge on any atom is 0.254 e. The van der Waals surface area contributed by atoms with E-state index in [1.165, 1.54) is 6.92 Å². The number of hydrogen-bond donors (Lipinski definition) is 1. The van der Waals surface area contributed by atoms with Crippen molar-refractivity contribution in [2.75, 3.05) is 37.4 Å². The Bertz CT molecular complexity index is 783. The molecule has 25 heavy (non-hydrogen) atoms. The monoisotopic (exact) mass is 341 g/mol. The van der Waals surface area contributed by atoms with Crippen molar-refractivity contribution in [2.24, 2.45) is 0 Å². The summed E-state index contributed by atoms with van der Waals surface area (Å²) in [7, 11) is 3.92. The topological polar surface area (TPSA) is 70.5 Å². The van der Waals surface area contributed by atoms with Crippen LogP contribution in [0.4, 0.5) is 11.4 Å². The lowest BCUT2D eigenvalue weighted by Crippen LogP contribution is -2.29. The first-order valence-electron chi connectivity index (χ1n) is 8.32. The minimum Gasteiger partial charge on any atom is -0.378 e. The highest BCUT2D eigenvalue weighted by molar-refractivity contribution is 5.95. The number of benzene rings is 1. The third kappa shape index (κ3) is 3.81. The van der Waals surface area contributed by atoms with Gasteiger partial charge in [0.05, 0.1) is 17.9 Å². The standard InChI is InChI=1S/C18H23N5O2/c1-13(24)20-15-10-19-23(11-15)17-7-8-22(12-17)18(25)14-5-4-6-16(9-14)21(2)3/h4-6,9-11,17H,7-8,12H2,1-3H3,(H,20,24). The number of carbonyl (C=O) groups excluding carboxylic acids is 2. The molecule has 2 heterocycles. The number of anilines is 2. The molecule has 2 aromatic rings. The van der Waals surface area contributed by atoms with E-state index >= 15 is 0 Å². The van der Waals surface area contributed by atoms with Crippen LogP contribution in [0, 0.1) is 0 Å². The molecule has 0 radical (unpaired) electrons. The molecule has 1 unspecified atom stereocenters. The van der Waals surface area contributed by atoms with Crippen LogP contribution in [-0.2, 0) is 4.79 Å². The number of amides is 2. The zero-order chi connectivity index (χ0) is 18.0. The third-order valence-electron chi connectivity index (χ3n) is 4.36. The molecule has 132 valence electrons. The average Bonchev–Trinajstić information content (AvgIpc) is 3.23. The molecule has 1 aliphatic rings. The van der Waals surface area contributed by atoms with E-state index in [1.54, 1.807) is 6.20 Å². The Morgan fingerprint density at radius 3 is 2.84 bits per heavy atom. The second-order valence-corrected chi connectivity index (χ2v) is 6.53. The molecule has 3 rings (SSSR count). The molecule has 0 bridgehead atoms. The predicted octanol–water partition coefficient (Wildman–Crippen LogP) is 1.99. The number of likely N-dealkylation sites (tertiary alicyclic amines) is 1. The van der Waals surface area contributed by atoms with Crippen LogP contribution in [-0.4, -0.2) is 53.7 Å². The lowest BCUT2D eigenvalue weighted by molar-refractivity contribution is -0.114. The predicted molar refractivity (Wildman–Crippen MR) is 96.9 cm³/mol. The Hall–Kier alpha value is -2.83. The second-order valence-electron chi connectivity index (χ2n) is 6.53. The normalized spacial score (nSPS) is 16.8. The van der Waals surface area contributed by atoms with E-state index < -0.39 is 0 Å². The van der Waals surface area contributed by atoms with Gasteiger partial charge in [-0.05, 0) is 24.6 Å². The van der Waals surface area contributed by atoms with Crippen LogP contribution in [0.1, 0.15) is 29.7 Å². The number of rotatable bonds is 4. The zero-order valence-electron chi connectivity index (χ0n) is 14.8. The van der Waals surface area contributed by atoms with Gasteiger partial charge in [-0.2, -0.15) is 5.10 Å². The molecule has 1 N–H and O–H groups in total. The summed E-state index contributed by atoms with van der Waals surface area (Å²) in [6.45, 7) is 2.78. The number of hydrogen-bond acceptors (Lipinski definition) is 4. The highest BCUT2D eigenvalue weighted by Crippen LogP contribution is 2.24. The van der Waals surface area contributed by atoms with Crippen molar-refractivity contribution in [2.45, 2.75) is 19.4 Å². The van der Waals surface area contributed by atoms with E-state index in [-0.39, 0.29) is 17.9 Å². The van der Waals surface area contributed by atoms with Crippen molar-refractivity contribution >= 4 is 23.2 Å². The van der Waals surface area contributed by atoms with Crippen LogP contribution < -0.4 is 10.2 Å². The Morgan fingerprint density at radius 2 is 2.12 bits per heavy atom. The van der Waals surface area contributed by atoms with Crippen LogP contribution in [0.25, 0.3) is 0 Å². The van der Waals surface area contributed by atoms with Crippen molar-refractivity contribution in [3.8, 4) is 0 Å².